The summed E-state index contributed by atoms with van der Waals surface area (Å²) >= 11 is 0. The van der Waals surface area contributed by atoms with Gasteiger partial charge in [0.1, 0.15) is 5.78 Å². The smallest absolute Gasteiger partial charge is 0.246 e. The summed E-state index contributed by atoms with van der Waals surface area (Å²) in [6.07, 6.45) is 6.52. The molecular weight excluding hydrogens is 384 g/mol. The molecule has 1 aliphatic heterocycles. The summed E-state index contributed by atoms with van der Waals surface area (Å²) in [5.41, 5.74) is 9.84. The van der Waals surface area contributed by atoms with E-state index in [-0.39, 0.29) is 23.5 Å². The summed E-state index contributed by atoms with van der Waals surface area (Å²) < 4.78 is 0. The van der Waals surface area contributed by atoms with Crippen LogP contribution in [-0.4, -0.2) is 22.6 Å². The van der Waals surface area contributed by atoms with E-state index in [1.54, 1.807) is 6.08 Å². The molecule has 2 aromatic rings. The van der Waals surface area contributed by atoms with E-state index in [1.165, 1.54) is 16.7 Å². The van der Waals surface area contributed by atoms with Crippen molar-refractivity contribution in [3.63, 3.8) is 0 Å². The van der Waals surface area contributed by atoms with E-state index in [4.69, 9.17) is 5.73 Å². The molecule has 3 rings (SSSR count). The van der Waals surface area contributed by atoms with Crippen molar-refractivity contribution >= 4 is 11.7 Å². The predicted molar refractivity (Wildman–Crippen MR) is 125 cm³/mol. The Morgan fingerprint density at radius 3 is 2.26 bits per heavy atom. The molecule has 4 nitrogen and oxygen atoms in total. The van der Waals surface area contributed by atoms with Crippen LogP contribution < -0.4 is 5.73 Å². The van der Waals surface area contributed by atoms with Gasteiger partial charge in [-0.1, -0.05) is 80.9 Å². The van der Waals surface area contributed by atoms with Crippen LogP contribution >= 0.6 is 0 Å². The van der Waals surface area contributed by atoms with Gasteiger partial charge in [0.2, 0.25) is 5.91 Å². The molecule has 0 unspecified atom stereocenters. The number of ketones is 1. The molecule has 0 aliphatic carbocycles. The second-order valence-electron chi connectivity index (χ2n) is 8.69. The Labute approximate surface area is 186 Å². The largest absolute Gasteiger partial charge is 0.330 e. The number of aryl methyl sites for hydroxylation is 1. The van der Waals surface area contributed by atoms with Crippen LogP contribution in [0.5, 0.6) is 0 Å². The zero-order valence-corrected chi connectivity index (χ0v) is 18.7. The minimum atomic E-state index is -0.443. The molecule has 0 bridgehead atoms. The first-order chi connectivity index (χ1) is 15.0. The van der Waals surface area contributed by atoms with Crippen molar-refractivity contribution in [3.05, 3.63) is 83.4 Å². The SMILES string of the molecule is CC[C@H](C)[C@H](N)C(=O)C[C@H](/C=C/C(=O)N1Cc2ccccc2C1)CCc1ccccc1. The van der Waals surface area contributed by atoms with E-state index < -0.39 is 6.04 Å². The number of rotatable bonds is 10. The number of hydrogen-bond donors (Lipinski definition) is 1. The predicted octanol–water partition coefficient (Wildman–Crippen LogP) is 4.67. The molecule has 0 spiro atoms. The van der Waals surface area contributed by atoms with E-state index in [2.05, 4.69) is 31.2 Å². The molecule has 0 fully saturated rings. The molecule has 1 heterocycles. The fraction of sp³-hybridized carbons (Fsp3) is 0.407. The van der Waals surface area contributed by atoms with Gasteiger partial charge in [-0.25, -0.2) is 0 Å². The summed E-state index contributed by atoms with van der Waals surface area (Å²) in [4.78, 5) is 27.4. The van der Waals surface area contributed by atoms with Gasteiger partial charge in [0.05, 0.1) is 6.04 Å². The molecule has 3 atom stereocenters. The van der Waals surface area contributed by atoms with Crippen molar-refractivity contribution < 1.29 is 9.59 Å². The Kier molecular flexibility index (Phi) is 8.19. The second-order valence-corrected chi connectivity index (χ2v) is 8.69. The maximum absolute atomic E-state index is 12.8. The fourth-order valence-corrected chi connectivity index (χ4v) is 4.04. The molecule has 2 aromatic carbocycles. The Balaban J connectivity index is 1.65. The average Bonchev–Trinajstić information content (AvgIpc) is 3.24. The molecular formula is C27H34N2O2. The third-order valence-corrected chi connectivity index (χ3v) is 6.40. The molecule has 0 saturated heterocycles. The van der Waals surface area contributed by atoms with Gasteiger partial charge in [0.25, 0.3) is 0 Å². The van der Waals surface area contributed by atoms with Crippen molar-refractivity contribution in [2.45, 2.75) is 58.7 Å². The molecule has 0 saturated carbocycles. The van der Waals surface area contributed by atoms with Gasteiger partial charge in [-0.3, -0.25) is 9.59 Å². The lowest BCUT2D eigenvalue weighted by Crippen LogP contribution is -2.37. The van der Waals surface area contributed by atoms with Crippen LogP contribution in [0.3, 0.4) is 0 Å². The van der Waals surface area contributed by atoms with Crippen LogP contribution in [0.1, 0.15) is 49.8 Å². The van der Waals surface area contributed by atoms with Gasteiger partial charge in [0, 0.05) is 19.5 Å². The average molecular weight is 419 g/mol. The number of carbonyl (C=O) groups excluding carboxylic acids is 2. The summed E-state index contributed by atoms with van der Waals surface area (Å²) in [5.74, 6) is 0.241. The number of hydrogen-bond acceptors (Lipinski definition) is 3. The standard InChI is InChI=1S/C27H34N2O2/c1-3-20(2)27(28)25(30)17-22(14-13-21-9-5-4-6-10-21)15-16-26(31)29-18-23-11-7-8-12-24(23)19-29/h4-12,15-16,20,22,27H,3,13-14,17-19,28H2,1-2H3/b16-15+/t20-,22-,27-/m0/s1. The minimum Gasteiger partial charge on any atom is -0.330 e. The van der Waals surface area contributed by atoms with Crippen LogP contribution in [0.25, 0.3) is 0 Å². The Hall–Kier alpha value is -2.72. The summed E-state index contributed by atoms with van der Waals surface area (Å²) in [7, 11) is 0. The van der Waals surface area contributed by atoms with Crippen LogP contribution in [0.15, 0.2) is 66.7 Å². The molecule has 2 N–H and O–H groups in total. The third kappa shape index (κ3) is 6.38. The molecule has 1 amide bonds. The van der Waals surface area contributed by atoms with E-state index in [9.17, 15) is 9.59 Å². The quantitative estimate of drug-likeness (QED) is 0.571. The van der Waals surface area contributed by atoms with Crippen molar-refractivity contribution in [1.82, 2.24) is 4.90 Å². The first-order valence-electron chi connectivity index (χ1n) is 11.3. The highest BCUT2D eigenvalue weighted by Crippen LogP contribution is 2.23. The van der Waals surface area contributed by atoms with Crippen LogP contribution in [0, 0.1) is 11.8 Å². The summed E-state index contributed by atoms with van der Waals surface area (Å²) in [6, 6.07) is 18.0. The Morgan fingerprint density at radius 1 is 1.03 bits per heavy atom. The van der Waals surface area contributed by atoms with Gasteiger partial charge in [0.15, 0.2) is 0 Å². The lowest BCUT2D eigenvalue weighted by atomic mass is 9.88. The van der Waals surface area contributed by atoms with Gasteiger partial charge < -0.3 is 10.6 Å². The minimum absolute atomic E-state index is 0.000384. The van der Waals surface area contributed by atoms with E-state index in [1.807, 2.05) is 48.2 Å². The topological polar surface area (TPSA) is 63.4 Å². The van der Waals surface area contributed by atoms with Crippen LogP contribution in [0.4, 0.5) is 0 Å². The second kappa shape index (κ2) is 11.1. The fourth-order valence-electron chi connectivity index (χ4n) is 4.04. The first-order valence-corrected chi connectivity index (χ1v) is 11.3. The van der Waals surface area contributed by atoms with Crippen molar-refractivity contribution in [2.75, 3.05) is 0 Å². The van der Waals surface area contributed by atoms with Crippen LogP contribution in [-0.2, 0) is 29.1 Å². The van der Waals surface area contributed by atoms with Crippen molar-refractivity contribution in [1.29, 1.82) is 0 Å². The lowest BCUT2D eigenvalue weighted by Gasteiger charge is -2.20. The van der Waals surface area contributed by atoms with Crippen LogP contribution in [0.2, 0.25) is 0 Å². The van der Waals surface area contributed by atoms with Gasteiger partial charge in [-0.2, -0.15) is 0 Å². The van der Waals surface area contributed by atoms with Gasteiger partial charge in [-0.15, -0.1) is 0 Å². The number of nitrogens with zero attached hydrogens (tertiary/aromatic N) is 1. The van der Waals surface area contributed by atoms with E-state index in [0.29, 0.717) is 19.5 Å². The normalized spacial score (nSPS) is 16.2. The summed E-state index contributed by atoms with van der Waals surface area (Å²) in [6.45, 7) is 5.36. The first kappa shape index (κ1) is 23.0. The number of fused-ring (bicyclic) bond motifs is 1. The number of Topliss-reactive ketones (excluding diaryl/α,β-unsaturated/α-hetero) is 1. The van der Waals surface area contributed by atoms with E-state index >= 15 is 0 Å². The third-order valence-electron chi connectivity index (χ3n) is 6.40. The maximum Gasteiger partial charge on any atom is 0.246 e. The number of benzene rings is 2. The Morgan fingerprint density at radius 2 is 1.65 bits per heavy atom. The molecule has 0 radical (unpaired) electrons. The molecule has 0 aromatic heterocycles. The van der Waals surface area contributed by atoms with Gasteiger partial charge >= 0.3 is 0 Å². The molecule has 164 valence electrons. The summed E-state index contributed by atoms with van der Waals surface area (Å²) in [5, 5.41) is 0. The van der Waals surface area contributed by atoms with Crippen molar-refractivity contribution in [2.24, 2.45) is 17.6 Å². The number of nitrogens with two attached hydrogens (primary N) is 1. The van der Waals surface area contributed by atoms with Gasteiger partial charge in [-0.05, 0) is 47.4 Å². The number of amides is 1. The van der Waals surface area contributed by atoms with E-state index in [0.717, 1.165) is 19.3 Å². The lowest BCUT2D eigenvalue weighted by molar-refractivity contribution is -0.126. The zero-order valence-electron chi connectivity index (χ0n) is 18.7. The monoisotopic (exact) mass is 418 g/mol. The zero-order chi connectivity index (χ0) is 22.2. The highest BCUT2D eigenvalue weighted by atomic mass is 16.2. The molecule has 1 aliphatic rings. The highest BCUT2D eigenvalue weighted by molar-refractivity contribution is 5.88. The van der Waals surface area contributed by atoms with Crippen molar-refractivity contribution in [3.8, 4) is 0 Å². The maximum atomic E-state index is 12.8. The number of carbonyl (C=O) groups is 2. The molecule has 4 heteroatoms. The highest BCUT2D eigenvalue weighted by Gasteiger charge is 2.24. The molecule has 31 heavy (non-hydrogen) atoms. The Bertz CT molecular complexity index is 881. The number of allylic oxidation sites excluding steroid dienone is 1.